The molecule has 0 radical (unpaired) electrons. The van der Waals surface area contributed by atoms with Crippen LogP contribution in [0.25, 0.3) is 11.3 Å². The zero-order chi connectivity index (χ0) is 23.6. The van der Waals surface area contributed by atoms with Crippen molar-refractivity contribution >= 4 is 11.6 Å². The van der Waals surface area contributed by atoms with Gasteiger partial charge in [0.05, 0.1) is 17.7 Å². The van der Waals surface area contributed by atoms with Crippen LogP contribution in [0.1, 0.15) is 18.2 Å². The minimum absolute atomic E-state index is 0.130. The zero-order valence-electron chi connectivity index (χ0n) is 17.3. The second-order valence-electron chi connectivity index (χ2n) is 7.40. The van der Waals surface area contributed by atoms with Crippen LogP contribution in [0.2, 0.25) is 5.02 Å². The SMILES string of the molecule is C[C@@H](OCc1cc(-c2ccc(F)cc2Cl)no1)[C@](O)(Cn1cncn1)c1ccc(F)cc1F. The molecule has 2 aromatic heterocycles. The van der Waals surface area contributed by atoms with E-state index >= 15 is 0 Å². The van der Waals surface area contributed by atoms with E-state index < -0.39 is 29.2 Å². The van der Waals surface area contributed by atoms with E-state index in [4.69, 9.17) is 20.9 Å². The van der Waals surface area contributed by atoms with Gasteiger partial charge in [0, 0.05) is 23.3 Å². The van der Waals surface area contributed by atoms with E-state index in [-0.39, 0.29) is 23.7 Å². The highest BCUT2D eigenvalue weighted by atomic mass is 35.5. The Morgan fingerprint density at radius 3 is 2.61 bits per heavy atom. The standard InChI is InChI=1S/C22H18ClF3N4O3/c1-13(32-9-16-8-21(29-33-16)17-4-2-14(24)6-19(17)23)22(31,10-30-12-27-11-28-30)18-5-3-15(25)7-20(18)26/h2-8,11-13,31H,9-10H2,1H3/t13-,22-/m1/s1. The maximum Gasteiger partial charge on any atom is 0.163 e. The smallest absolute Gasteiger partial charge is 0.163 e. The minimum Gasteiger partial charge on any atom is -0.380 e. The lowest BCUT2D eigenvalue weighted by atomic mass is 9.88. The molecule has 11 heteroatoms. The van der Waals surface area contributed by atoms with Crippen molar-refractivity contribution in [2.75, 3.05) is 0 Å². The van der Waals surface area contributed by atoms with E-state index in [2.05, 4.69) is 15.2 Å². The molecule has 33 heavy (non-hydrogen) atoms. The summed E-state index contributed by atoms with van der Waals surface area (Å²) in [6.07, 6.45) is 1.63. The van der Waals surface area contributed by atoms with Gasteiger partial charge in [-0.25, -0.2) is 22.8 Å². The van der Waals surface area contributed by atoms with Gasteiger partial charge in [0.1, 0.15) is 48.0 Å². The quantitative estimate of drug-likeness (QED) is 0.401. The van der Waals surface area contributed by atoms with Crippen LogP contribution in [-0.4, -0.2) is 31.1 Å². The van der Waals surface area contributed by atoms with E-state index in [1.807, 2.05) is 0 Å². The summed E-state index contributed by atoms with van der Waals surface area (Å²) >= 11 is 6.06. The average molecular weight is 479 g/mol. The minimum atomic E-state index is -1.92. The van der Waals surface area contributed by atoms with E-state index in [1.165, 1.54) is 36.4 Å². The van der Waals surface area contributed by atoms with Crippen LogP contribution in [-0.2, 0) is 23.5 Å². The second-order valence-corrected chi connectivity index (χ2v) is 7.80. The molecule has 1 N–H and O–H groups in total. The van der Waals surface area contributed by atoms with Gasteiger partial charge in [0.15, 0.2) is 5.76 Å². The van der Waals surface area contributed by atoms with E-state index in [1.54, 1.807) is 6.07 Å². The molecule has 2 heterocycles. The van der Waals surface area contributed by atoms with E-state index in [9.17, 15) is 18.3 Å². The molecular weight excluding hydrogens is 461 g/mol. The van der Waals surface area contributed by atoms with Gasteiger partial charge in [0.25, 0.3) is 0 Å². The van der Waals surface area contributed by atoms with Gasteiger partial charge in [-0.2, -0.15) is 5.10 Å². The van der Waals surface area contributed by atoms with E-state index in [0.29, 0.717) is 23.1 Å². The molecule has 0 saturated carbocycles. The molecule has 0 aliphatic rings. The summed E-state index contributed by atoms with van der Waals surface area (Å²) in [4.78, 5) is 3.82. The van der Waals surface area contributed by atoms with Crippen LogP contribution in [0.4, 0.5) is 13.2 Å². The van der Waals surface area contributed by atoms with Gasteiger partial charge in [0.2, 0.25) is 0 Å². The fraction of sp³-hybridized carbons (Fsp3) is 0.227. The van der Waals surface area contributed by atoms with Gasteiger partial charge >= 0.3 is 0 Å². The molecule has 0 aliphatic heterocycles. The maximum atomic E-state index is 14.6. The fourth-order valence-corrected chi connectivity index (χ4v) is 3.65. The molecule has 0 aliphatic carbocycles. The van der Waals surface area contributed by atoms with Gasteiger partial charge in [-0.1, -0.05) is 22.8 Å². The molecule has 172 valence electrons. The van der Waals surface area contributed by atoms with Crippen molar-refractivity contribution in [3.63, 3.8) is 0 Å². The molecule has 0 fully saturated rings. The first-order valence-electron chi connectivity index (χ1n) is 9.79. The predicted molar refractivity (Wildman–Crippen MR) is 111 cm³/mol. The Morgan fingerprint density at radius 1 is 1.15 bits per heavy atom. The number of halogens is 4. The van der Waals surface area contributed by atoms with Crippen LogP contribution >= 0.6 is 11.6 Å². The maximum absolute atomic E-state index is 14.6. The predicted octanol–water partition coefficient (Wildman–Crippen LogP) is 4.50. The highest BCUT2D eigenvalue weighted by Gasteiger charge is 2.40. The summed E-state index contributed by atoms with van der Waals surface area (Å²) in [6, 6.07) is 8.32. The Hall–Kier alpha value is -3.21. The van der Waals surface area contributed by atoms with Crippen LogP contribution in [0, 0.1) is 17.5 Å². The van der Waals surface area contributed by atoms with Gasteiger partial charge < -0.3 is 14.4 Å². The summed E-state index contributed by atoms with van der Waals surface area (Å²) < 4.78 is 53.7. The Bertz CT molecular complexity index is 1250. The molecule has 0 spiro atoms. The van der Waals surface area contributed by atoms with Crippen LogP contribution in [0.3, 0.4) is 0 Å². The Balaban J connectivity index is 1.55. The van der Waals surface area contributed by atoms with Crippen LogP contribution in [0.5, 0.6) is 0 Å². The number of hydrogen-bond acceptors (Lipinski definition) is 6. The van der Waals surface area contributed by atoms with Crippen molar-refractivity contribution in [3.05, 3.63) is 88.9 Å². The van der Waals surface area contributed by atoms with Gasteiger partial charge in [-0.05, 0) is 31.2 Å². The first kappa shape index (κ1) is 23.0. The fourth-order valence-electron chi connectivity index (χ4n) is 3.38. The highest BCUT2D eigenvalue weighted by Crippen LogP contribution is 2.33. The molecular formula is C22H18ClF3N4O3. The monoisotopic (exact) mass is 478 g/mol. The normalized spacial score (nSPS) is 14.2. The summed E-state index contributed by atoms with van der Waals surface area (Å²) in [6.45, 7) is 1.20. The lowest BCUT2D eigenvalue weighted by Gasteiger charge is -2.34. The van der Waals surface area contributed by atoms with Crippen LogP contribution < -0.4 is 0 Å². The molecule has 2 atom stereocenters. The van der Waals surface area contributed by atoms with Gasteiger partial charge in [-0.3, -0.25) is 0 Å². The van der Waals surface area contributed by atoms with Crippen LogP contribution in [0.15, 0.2) is 59.6 Å². The molecule has 4 rings (SSSR count). The largest absolute Gasteiger partial charge is 0.380 e. The first-order valence-corrected chi connectivity index (χ1v) is 10.2. The first-order chi connectivity index (χ1) is 15.8. The lowest BCUT2D eigenvalue weighted by Crippen LogP contribution is -2.44. The second kappa shape index (κ2) is 9.34. The van der Waals surface area contributed by atoms with Crippen molar-refractivity contribution in [2.24, 2.45) is 0 Å². The molecule has 2 aromatic carbocycles. The number of nitrogens with zero attached hydrogens (tertiary/aromatic N) is 4. The summed E-state index contributed by atoms with van der Waals surface area (Å²) in [5.41, 5.74) is -1.25. The average Bonchev–Trinajstić information content (AvgIpc) is 3.44. The molecule has 7 nitrogen and oxygen atoms in total. The Labute approximate surface area is 191 Å². The third-order valence-corrected chi connectivity index (χ3v) is 5.49. The number of aliphatic hydroxyl groups is 1. The molecule has 4 aromatic rings. The number of ether oxygens (including phenoxy) is 1. The molecule has 0 saturated heterocycles. The Kier molecular flexibility index (Phi) is 6.50. The van der Waals surface area contributed by atoms with Crippen molar-refractivity contribution in [1.29, 1.82) is 0 Å². The highest BCUT2D eigenvalue weighted by molar-refractivity contribution is 6.33. The number of hydrogen-bond donors (Lipinski definition) is 1. The van der Waals surface area contributed by atoms with Crippen molar-refractivity contribution in [2.45, 2.75) is 31.8 Å². The van der Waals surface area contributed by atoms with Crippen molar-refractivity contribution < 1.29 is 27.5 Å². The number of aromatic nitrogens is 4. The zero-order valence-corrected chi connectivity index (χ0v) is 18.0. The van der Waals surface area contributed by atoms with Crippen molar-refractivity contribution in [3.8, 4) is 11.3 Å². The number of benzene rings is 2. The summed E-state index contributed by atoms with van der Waals surface area (Å²) in [5, 5.41) is 19.5. The Morgan fingerprint density at radius 2 is 1.91 bits per heavy atom. The molecule has 0 bridgehead atoms. The van der Waals surface area contributed by atoms with Gasteiger partial charge in [-0.15, -0.1) is 0 Å². The van der Waals surface area contributed by atoms with E-state index in [0.717, 1.165) is 18.2 Å². The topological polar surface area (TPSA) is 86.2 Å². The summed E-state index contributed by atoms with van der Waals surface area (Å²) in [7, 11) is 0. The lowest BCUT2D eigenvalue weighted by molar-refractivity contribution is -0.126. The number of rotatable bonds is 8. The molecule has 0 amide bonds. The molecule has 0 unspecified atom stereocenters. The summed E-state index contributed by atoms with van der Waals surface area (Å²) in [5.74, 6) is -1.90. The van der Waals surface area contributed by atoms with Crippen molar-refractivity contribution in [1.82, 2.24) is 19.9 Å². The third kappa shape index (κ3) is 4.92. The third-order valence-electron chi connectivity index (χ3n) is 5.18.